The number of fused-ring (bicyclic) bond motifs is 3. The van der Waals surface area contributed by atoms with E-state index in [2.05, 4.69) is 11.8 Å². The van der Waals surface area contributed by atoms with E-state index in [9.17, 15) is 0 Å². The van der Waals surface area contributed by atoms with Crippen LogP contribution in [-0.4, -0.2) is 30.1 Å². The molecule has 2 heterocycles. The van der Waals surface area contributed by atoms with Gasteiger partial charge < -0.3 is 5.73 Å². The Kier molecular flexibility index (Phi) is 2.37. The summed E-state index contributed by atoms with van der Waals surface area (Å²) < 4.78 is 0. The first-order valence-electron chi connectivity index (χ1n) is 5.27. The summed E-state index contributed by atoms with van der Waals surface area (Å²) in [5.74, 6) is 0.990. The summed E-state index contributed by atoms with van der Waals surface area (Å²) in [4.78, 5) is 2.64. The van der Waals surface area contributed by atoms with Gasteiger partial charge in [-0.1, -0.05) is 0 Å². The second-order valence-electron chi connectivity index (χ2n) is 4.46. The third-order valence-corrected chi connectivity index (χ3v) is 3.66. The van der Waals surface area contributed by atoms with E-state index in [0.717, 1.165) is 18.5 Å². The van der Waals surface area contributed by atoms with Crippen LogP contribution in [0.3, 0.4) is 0 Å². The first-order chi connectivity index (χ1) is 5.81. The Morgan fingerprint density at radius 3 is 2.42 bits per heavy atom. The monoisotopic (exact) mass is 168 g/mol. The van der Waals surface area contributed by atoms with E-state index < -0.39 is 0 Å². The number of hydrogen-bond acceptors (Lipinski definition) is 2. The van der Waals surface area contributed by atoms with Crippen molar-refractivity contribution in [2.75, 3.05) is 13.1 Å². The molecule has 0 amide bonds. The van der Waals surface area contributed by atoms with E-state index in [0.29, 0.717) is 6.04 Å². The summed E-state index contributed by atoms with van der Waals surface area (Å²) in [5, 5.41) is 0. The van der Waals surface area contributed by atoms with E-state index >= 15 is 0 Å². The number of rotatable bonds is 2. The summed E-state index contributed by atoms with van der Waals surface area (Å²) >= 11 is 0. The maximum atomic E-state index is 5.69. The molecule has 1 saturated carbocycles. The van der Waals surface area contributed by atoms with E-state index in [-0.39, 0.29) is 0 Å². The highest BCUT2D eigenvalue weighted by atomic mass is 15.2. The molecule has 0 aromatic rings. The van der Waals surface area contributed by atoms with Gasteiger partial charge in [-0.05, 0) is 38.5 Å². The molecule has 2 aliphatic heterocycles. The molecule has 1 unspecified atom stereocenters. The predicted molar refractivity (Wildman–Crippen MR) is 51.0 cm³/mol. The average Bonchev–Trinajstić information content (AvgIpc) is 2.18. The van der Waals surface area contributed by atoms with E-state index in [1.165, 1.54) is 32.2 Å². The van der Waals surface area contributed by atoms with Gasteiger partial charge in [-0.15, -0.1) is 0 Å². The van der Waals surface area contributed by atoms with E-state index in [1.54, 1.807) is 0 Å². The minimum absolute atomic E-state index is 0.609. The smallest absolute Gasteiger partial charge is 0.0193 e. The van der Waals surface area contributed by atoms with Crippen LogP contribution in [0.15, 0.2) is 0 Å². The van der Waals surface area contributed by atoms with Crippen LogP contribution in [0.25, 0.3) is 0 Å². The summed E-state index contributed by atoms with van der Waals surface area (Å²) in [6.07, 6.45) is 5.79. The first kappa shape index (κ1) is 8.52. The zero-order valence-corrected chi connectivity index (χ0v) is 8.00. The van der Waals surface area contributed by atoms with Gasteiger partial charge in [0.15, 0.2) is 0 Å². The van der Waals surface area contributed by atoms with Crippen LogP contribution < -0.4 is 5.73 Å². The van der Waals surface area contributed by atoms with Crippen molar-refractivity contribution < 1.29 is 0 Å². The van der Waals surface area contributed by atoms with Gasteiger partial charge in [0.1, 0.15) is 0 Å². The molecule has 2 heteroatoms. The Balaban J connectivity index is 1.99. The lowest BCUT2D eigenvalue weighted by Crippen LogP contribution is -2.53. The largest absolute Gasteiger partial charge is 0.329 e. The van der Waals surface area contributed by atoms with Gasteiger partial charge in [-0.3, -0.25) is 4.90 Å². The molecule has 3 rings (SSSR count). The van der Waals surface area contributed by atoms with Crippen molar-refractivity contribution in [3.05, 3.63) is 0 Å². The molecule has 2 N–H and O–H groups in total. The molecule has 12 heavy (non-hydrogen) atoms. The minimum atomic E-state index is 0.609. The maximum absolute atomic E-state index is 5.69. The molecule has 2 bridgehead atoms. The third-order valence-electron chi connectivity index (χ3n) is 3.66. The molecule has 0 radical (unpaired) electrons. The van der Waals surface area contributed by atoms with Crippen LogP contribution in [0.2, 0.25) is 0 Å². The lowest BCUT2D eigenvalue weighted by atomic mass is 9.79. The standard InChI is InChI=1S/C10H20N2/c1-8(6-11)12-7-9-2-4-10(12)5-3-9/h8-10H,2-7,11H2,1H3. The summed E-state index contributed by atoms with van der Waals surface area (Å²) in [7, 11) is 0. The molecule has 1 atom stereocenters. The van der Waals surface area contributed by atoms with E-state index in [1.807, 2.05) is 0 Å². The topological polar surface area (TPSA) is 29.3 Å². The molecular formula is C10H20N2. The van der Waals surface area contributed by atoms with Crippen molar-refractivity contribution in [1.29, 1.82) is 0 Å². The van der Waals surface area contributed by atoms with Gasteiger partial charge in [0, 0.05) is 25.2 Å². The van der Waals surface area contributed by atoms with Crippen molar-refractivity contribution in [2.45, 2.75) is 44.7 Å². The molecule has 3 aliphatic rings. The SMILES string of the molecule is CC(CN)N1CC2CCC1CC2. The van der Waals surface area contributed by atoms with Crippen LogP contribution in [0.1, 0.15) is 32.6 Å². The van der Waals surface area contributed by atoms with Crippen LogP contribution in [0, 0.1) is 5.92 Å². The zero-order valence-electron chi connectivity index (χ0n) is 8.00. The van der Waals surface area contributed by atoms with Gasteiger partial charge in [0.05, 0.1) is 0 Å². The Hall–Kier alpha value is -0.0800. The summed E-state index contributed by atoms with van der Waals surface area (Å²) in [6.45, 7) is 4.41. The second-order valence-corrected chi connectivity index (χ2v) is 4.46. The Morgan fingerprint density at radius 2 is 2.00 bits per heavy atom. The fraction of sp³-hybridized carbons (Fsp3) is 1.00. The molecule has 70 valence electrons. The maximum Gasteiger partial charge on any atom is 0.0193 e. The predicted octanol–water partition coefficient (Wildman–Crippen LogP) is 1.21. The van der Waals surface area contributed by atoms with Gasteiger partial charge in [-0.2, -0.15) is 0 Å². The highest BCUT2D eigenvalue weighted by molar-refractivity contribution is 4.90. The van der Waals surface area contributed by atoms with Crippen LogP contribution >= 0.6 is 0 Å². The van der Waals surface area contributed by atoms with E-state index in [4.69, 9.17) is 5.73 Å². The molecule has 3 fully saturated rings. The summed E-state index contributed by atoms with van der Waals surface area (Å²) in [5.41, 5.74) is 5.69. The van der Waals surface area contributed by atoms with Gasteiger partial charge in [0.2, 0.25) is 0 Å². The molecular weight excluding hydrogens is 148 g/mol. The second kappa shape index (κ2) is 3.35. The Morgan fingerprint density at radius 1 is 1.33 bits per heavy atom. The molecule has 2 nitrogen and oxygen atoms in total. The van der Waals surface area contributed by atoms with Crippen molar-refractivity contribution in [1.82, 2.24) is 4.90 Å². The van der Waals surface area contributed by atoms with Gasteiger partial charge in [0.25, 0.3) is 0 Å². The Labute approximate surface area is 75.1 Å². The summed E-state index contributed by atoms with van der Waals surface area (Å²) in [6, 6.07) is 1.48. The highest BCUT2D eigenvalue weighted by Crippen LogP contribution is 2.35. The third kappa shape index (κ3) is 1.38. The normalized spacial score (nSPS) is 38.5. The zero-order chi connectivity index (χ0) is 8.55. The molecule has 1 aliphatic carbocycles. The van der Waals surface area contributed by atoms with Gasteiger partial charge in [-0.25, -0.2) is 0 Å². The van der Waals surface area contributed by atoms with Crippen molar-refractivity contribution in [3.8, 4) is 0 Å². The van der Waals surface area contributed by atoms with Crippen LogP contribution in [0.5, 0.6) is 0 Å². The van der Waals surface area contributed by atoms with Gasteiger partial charge >= 0.3 is 0 Å². The van der Waals surface area contributed by atoms with Crippen LogP contribution in [0.4, 0.5) is 0 Å². The first-order valence-corrected chi connectivity index (χ1v) is 5.27. The molecule has 0 spiro atoms. The number of piperidine rings is 2. The number of nitrogens with two attached hydrogens (primary N) is 1. The van der Waals surface area contributed by atoms with Crippen molar-refractivity contribution in [3.63, 3.8) is 0 Å². The molecule has 0 aromatic heterocycles. The fourth-order valence-electron chi connectivity index (χ4n) is 2.78. The quantitative estimate of drug-likeness (QED) is 0.671. The minimum Gasteiger partial charge on any atom is -0.329 e. The molecule has 0 aromatic carbocycles. The highest BCUT2D eigenvalue weighted by Gasteiger charge is 2.35. The Bertz CT molecular complexity index is 150. The fourth-order valence-corrected chi connectivity index (χ4v) is 2.78. The average molecular weight is 168 g/mol. The lowest BCUT2D eigenvalue weighted by Gasteiger charge is -2.48. The van der Waals surface area contributed by atoms with Crippen LogP contribution in [-0.2, 0) is 0 Å². The van der Waals surface area contributed by atoms with Crippen molar-refractivity contribution in [2.24, 2.45) is 11.7 Å². The molecule has 2 saturated heterocycles. The lowest BCUT2D eigenvalue weighted by molar-refractivity contribution is 0.0220. The number of hydrogen-bond donors (Lipinski definition) is 1. The number of nitrogens with zero attached hydrogens (tertiary/aromatic N) is 1. The van der Waals surface area contributed by atoms with Crippen molar-refractivity contribution >= 4 is 0 Å².